The zero-order chi connectivity index (χ0) is 12.5. The third-order valence-corrected chi connectivity index (χ3v) is 2.84. The first-order chi connectivity index (χ1) is 8.26. The van der Waals surface area contributed by atoms with Gasteiger partial charge in [-0.1, -0.05) is 0 Å². The summed E-state index contributed by atoms with van der Waals surface area (Å²) in [7, 11) is 3.08. The smallest absolute Gasteiger partial charge is 0.307 e. The number of thiophene rings is 1. The van der Waals surface area contributed by atoms with Gasteiger partial charge in [0.1, 0.15) is 0 Å². The highest BCUT2D eigenvalue weighted by molar-refractivity contribution is 14.0. The minimum Gasteiger partial charge on any atom is -0.469 e. The van der Waals surface area contributed by atoms with E-state index in [1.807, 2.05) is 5.38 Å². The normalized spacial score (nSPS) is 10.4. The van der Waals surface area contributed by atoms with Crippen LogP contribution < -0.4 is 10.6 Å². The van der Waals surface area contributed by atoms with Gasteiger partial charge in [-0.15, -0.1) is 24.0 Å². The number of hydrogen-bond acceptors (Lipinski definition) is 4. The van der Waals surface area contributed by atoms with E-state index in [0.717, 1.165) is 6.54 Å². The number of hydrogen-bond donors (Lipinski definition) is 2. The van der Waals surface area contributed by atoms with Gasteiger partial charge in [-0.05, 0) is 22.4 Å². The first-order valence-electron chi connectivity index (χ1n) is 5.28. The Morgan fingerprint density at radius 3 is 2.83 bits per heavy atom. The zero-order valence-corrected chi connectivity index (χ0v) is 13.6. The Bertz CT molecular complexity index is 368. The van der Waals surface area contributed by atoms with Gasteiger partial charge in [0.2, 0.25) is 0 Å². The summed E-state index contributed by atoms with van der Waals surface area (Å²) >= 11 is 1.66. The van der Waals surface area contributed by atoms with E-state index < -0.39 is 0 Å². The molecule has 7 heteroatoms. The summed E-state index contributed by atoms with van der Waals surface area (Å²) < 4.78 is 4.55. The molecule has 0 aromatic carbocycles. The molecule has 0 aliphatic heterocycles. The van der Waals surface area contributed by atoms with Crippen LogP contribution in [0.5, 0.6) is 0 Å². The fourth-order valence-electron chi connectivity index (χ4n) is 1.18. The molecule has 0 spiro atoms. The quantitative estimate of drug-likeness (QED) is 0.351. The second kappa shape index (κ2) is 10.1. The first kappa shape index (κ1) is 17.2. The number of esters is 1. The highest BCUT2D eigenvalue weighted by Crippen LogP contribution is 2.04. The molecule has 0 unspecified atom stereocenters. The Morgan fingerprint density at radius 1 is 1.50 bits per heavy atom. The van der Waals surface area contributed by atoms with E-state index in [4.69, 9.17) is 0 Å². The van der Waals surface area contributed by atoms with E-state index in [2.05, 4.69) is 31.8 Å². The minimum absolute atomic E-state index is 0. The summed E-state index contributed by atoms with van der Waals surface area (Å²) in [5, 5.41) is 10.3. The number of methoxy groups -OCH3 is 1. The topological polar surface area (TPSA) is 62.7 Å². The average molecular weight is 383 g/mol. The van der Waals surface area contributed by atoms with Gasteiger partial charge in [0.05, 0.1) is 13.5 Å². The monoisotopic (exact) mass is 383 g/mol. The molecule has 5 nitrogen and oxygen atoms in total. The Morgan fingerprint density at radius 2 is 2.28 bits per heavy atom. The Kier molecular flexibility index (Phi) is 9.66. The van der Waals surface area contributed by atoms with E-state index >= 15 is 0 Å². The van der Waals surface area contributed by atoms with E-state index in [1.54, 1.807) is 18.4 Å². The molecule has 18 heavy (non-hydrogen) atoms. The molecule has 0 atom stereocenters. The highest BCUT2D eigenvalue weighted by Gasteiger charge is 2.01. The van der Waals surface area contributed by atoms with Gasteiger partial charge in [-0.3, -0.25) is 9.79 Å². The van der Waals surface area contributed by atoms with Crippen LogP contribution in [0, 0.1) is 0 Å². The zero-order valence-electron chi connectivity index (χ0n) is 10.4. The second-order valence-electron chi connectivity index (χ2n) is 3.31. The maximum absolute atomic E-state index is 10.9. The van der Waals surface area contributed by atoms with Crippen LogP contribution in [0.1, 0.15) is 12.0 Å². The maximum atomic E-state index is 10.9. The lowest BCUT2D eigenvalue weighted by atomic mass is 10.3. The summed E-state index contributed by atoms with van der Waals surface area (Å²) in [6, 6.07) is 2.05. The molecule has 0 fully saturated rings. The highest BCUT2D eigenvalue weighted by atomic mass is 127. The van der Waals surface area contributed by atoms with Gasteiger partial charge >= 0.3 is 5.97 Å². The molecule has 1 rings (SSSR count). The molecule has 0 aliphatic carbocycles. The van der Waals surface area contributed by atoms with Crippen molar-refractivity contribution < 1.29 is 9.53 Å². The lowest BCUT2D eigenvalue weighted by Gasteiger charge is -2.10. The second-order valence-corrected chi connectivity index (χ2v) is 4.09. The summed E-state index contributed by atoms with van der Waals surface area (Å²) in [5.74, 6) is 0.450. The minimum atomic E-state index is -0.231. The number of aliphatic imine (C=N–C) groups is 1. The third-order valence-electron chi connectivity index (χ3n) is 2.11. The maximum Gasteiger partial charge on any atom is 0.307 e. The number of nitrogens with zero attached hydrogens (tertiary/aromatic N) is 1. The molecule has 102 valence electrons. The van der Waals surface area contributed by atoms with Crippen LogP contribution in [-0.4, -0.2) is 32.6 Å². The van der Waals surface area contributed by atoms with Crippen molar-refractivity contribution in [2.75, 3.05) is 20.7 Å². The largest absolute Gasteiger partial charge is 0.469 e. The fraction of sp³-hybridized carbons (Fsp3) is 0.455. The average Bonchev–Trinajstić information content (AvgIpc) is 2.86. The third kappa shape index (κ3) is 6.80. The Hall–Kier alpha value is -0.830. The molecule has 2 N–H and O–H groups in total. The predicted octanol–water partition coefficient (Wildman–Crippen LogP) is 1.59. The van der Waals surface area contributed by atoms with E-state index in [-0.39, 0.29) is 29.9 Å². The summed E-state index contributed by atoms with van der Waals surface area (Å²) in [6.07, 6.45) is 0.329. The molecule has 1 aromatic rings. The van der Waals surface area contributed by atoms with Crippen LogP contribution in [0.2, 0.25) is 0 Å². The number of nitrogens with one attached hydrogen (secondary N) is 2. The standard InChI is InChI=1S/C11H17N3O2S.HI/c1-12-11(13-5-3-10(15)16-2)14-7-9-4-6-17-8-9;/h4,6,8H,3,5,7H2,1-2H3,(H2,12,13,14);1H. The van der Waals surface area contributed by atoms with Crippen molar-refractivity contribution in [3.8, 4) is 0 Å². The molecule has 1 heterocycles. The van der Waals surface area contributed by atoms with Crippen molar-refractivity contribution in [2.45, 2.75) is 13.0 Å². The van der Waals surface area contributed by atoms with Crippen LogP contribution in [0.3, 0.4) is 0 Å². The van der Waals surface area contributed by atoms with Crippen molar-refractivity contribution in [2.24, 2.45) is 4.99 Å². The molecule has 0 aliphatic rings. The molecular weight excluding hydrogens is 365 g/mol. The van der Waals surface area contributed by atoms with Gasteiger partial charge in [0.15, 0.2) is 5.96 Å². The van der Waals surface area contributed by atoms with Gasteiger partial charge in [-0.2, -0.15) is 11.3 Å². The van der Waals surface area contributed by atoms with Crippen molar-refractivity contribution in [3.63, 3.8) is 0 Å². The SMILES string of the molecule is CN=C(NCCC(=O)OC)NCc1ccsc1.I. The van der Waals surface area contributed by atoms with Gasteiger partial charge < -0.3 is 15.4 Å². The van der Waals surface area contributed by atoms with Crippen molar-refractivity contribution in [1.82, 2.24) is 10.6 Å². The van der Waals surface area contributed by atoms with Crippen LogP contribution in [0.15, 0.2) is 21.8 Å². The number of carbonyl (C=O) groups excluding carboxylic acids is 1. The number of rotatable bonds is 5. The number of ether oxygens (including phenoxy) is 1. The van der Waals surface area contributed by atoms with Crippen molar-refractivity contribution >= 4 is 47.2 Å². The number of guanidine groups is 1. The molecule has 0 bridgehead atoms. The molecule has 0 radical (unpaired) electrons. The van der Waals surface area contributed by atoms with Gasteiger partial charge in [0, 0.05) is 20.1 Å². The first-order valence-corrected chi connectivity index (χ1v) is 6.23. The van der Waals surface area contributed by atoms with Crippen LogP contribution >= 0.6 is 35.3 Å². The van der Waals surface area contributed by atoms with E-state index in [9.17, 15) is 4.79 Å². The van der Waals surface area contributed by atoms with E-state index in [0.29, 0.717) is 18.9 Å². The lowest BCUT2D eigenvalue weighted by Crippen LogP contribution is -2.37. The van der Waals surface area contributed by atoms with E-state index in [1.165, 1.54) is 12.7 Å². The van der Waals surface area contributed by atoms with Crippen LogP contribution in [0.25, 0.3) is 0 Å². The summed E-state index contributed by atoms with van der Waals surface area (Å²) in [6.45, 7) is 1.23. The summed E-state index contributed by atoms with van der Waals surface area (Å²) in [4.78, 5) is 15.0. The molecule has 0 saturated heterocycles. The predicted molar refractivity (Wildman–Crippen MR) is 84.6 cm³/mol. The fourth-order valence-corrected chi connectivity index (χ4v) is 1.85. The van der Waals surface area contributed by atoms with Crippen molar-refractivity contribution in [3.05, 3.63) is 22.4 Å². The Labute approximate surface area is 128 Å². The number of carbonyl (C=O) groups is 1. The summed E-state index contributed by atoms with van der Waals surface area (Å²) in [5.41, 5.74) is 1.21. The molecule has 0 amide bonds. The van der Waals surface area contributed by atoms with Crippen LogP contribution in [-0.2, 0) is 16.1 Å². The van der Waals surface area contributed by atoms with Crippen LogP contribution in [0.4, 0.5) is 0 Å². The molecule has 1 aromatic heterocycles. The van der Waals surface area contributed by atoms with Gasteiger partial charge in [0.25, 0.3) is 0 Å². The molecule has 0 saturated carbocycles. The van der Waals surface area contributed by atoms with Gasteiger partial charge in [-0.25, -0.2) is 0 Å². The molecular formula is C11H18IN3O2S. The van der Waals surface area contributed by atoms with Crippen molar-refractivity contribution in [1.29, 1.82) is 0 Å². The lowest BCUT2D eigenvalue weighted by molar-refractivity contribution is -0.140. The Balaban J connectivity index is 0.00000289. The number of halogens is 1.